The van der Waals surface area contributed by atoms with Crippen molar-refractivity contribution >= 4 is 45.6 Å². The summed E-state index contributed by atoms with van der Waals surface area (Å²) in [4.78, 5) is 25.4. The Labute approximate surface area is 153 Å². The summed E-state index contributed by atoms with van der Waals surface area (Å²) >= 11 is 2.85. The summed E-state index contributed by atoms with van der Waals surface area (Å²) < 4.78 is 4.90. The van der Waals surface area contributed by atoms with Gasteiger partial charge in [0.1, 0.15) is 10.6 Å². The third kappa shape index (κ3) is 4.04. The average Bonchev–Trinajstić information content (AvgIpc) is 3.30. The van der Waals surface area contributed by atoms with E-state index in [0.717, 1.165) is 16.0 Å². The molecule has 4 nitrogen and oxygen atoms in total. The van der Waals surface area contributed by atoms with E-state index >= 15 is 0 Å². The van der Waals surface area contributed by atoms with E-state index in [-0.39, 0.29) is 5.91 Å². The van der Waals surface area contributed by atoms with Crippen molar-refractivity contribution in [1.29, 1.82) is 0 Å². The topological polar surface area (TPSA) is 55.4 Å². The standard InChI is InChI=1S/C19H15NO3S2/c1-23-19(22)17-15(13-6-3-2-4-7-13)12-25-18(17)20-16(21)10-9-14-8-5-11-24-14/h2-12H,1H3,(H,20,21). The SMILES string of the molecule is COC(=O)c1c(-c2ccccc2)csc1NC(=O)C=Cc1cccs1. The maximum absolute atomic E-state index is 12.2. The lowest BCUT2D eigenvalue weighted by atomic mass is 10.0. The molecular formula is C19H15NO3S2. The van der Waals surface area contributed by atoms with Gasteiger partial charge in [-0.2, -0.15) is 0 Å². The molecular weight excluding hydrogens is 354 g/mol. The second-order valence-corrected chi connectivity index (χ2v) is 6.91. The van der Waals surface area contributed by atoms with Gasteiger partial charge in [-0.15, -0.1) is 22.7 Å². The van der Waals surface area contributed by atoms with Gasteiger partial charge in [0, 0.05) is 21.9 Å². The van der Waals surface area contributed by atoms with E-state index in [4.69, 9.17) is 4.74 Å². The van der Waals surface area contributed by atoms with Crippen LogP contribution < -0.4 is 5.32 Å². The van der Waals surface area contributed by atoms with E-state index in [1.165, 1.54) is 24.5 Å². The maximum Gasteiger partial charge on any atom is 0.341 e. The lowest BCUT2D eigenvalue weighted by Crippen LogP contribution is -2.11. The van der Waals surface area contributed by atoms with Gasteiger partial charge in [0.15, 0.2) is 0 Å². The number of hydrogen-bond donors (Lipinski definition) is 1. The summed E-state index contributed by atoms with van der Waals surface area (Å²) in [5, 5.41) is 7.04. The van der Waals surface area contributed by atoms with Gasteiger partial charge in [-0.25, -0.2) is 4.79 Å². The molecule has 126 valence electrons. The molecule has 0 atom stereocenters. The van der Waals surface area contributed by atoms with Crippen molar-refractivity contribution < 1.29 is 14.3 Å². The molecule has 0 saturated heterocycles. The van der Waals surface area contributed by atoms with Crippen LogP contribution in [0.15, 0.2) is 59.3 Å². The predicted molar refractivity (Wildman–Crippen MR) is 103 cm³/mol. The van der Waals surface area contributed by atoms with Crippen molar-refractivity contribution in [3.63, 3.8) is 0 Å². The Morgan fingerprint density at radius 2 is 1.88 bits per heavy atom. The molecule has 0 saturated carbocycles. The van der Waals surface area contributed by atoms with E-state index in [1.54, 1.807) is 17.4 Å². The van der Waals surface area contributed by atoms with E-state index in [1.807, 2.05) is 53.2 Å². The van der Waals surface area contributed by atoms with Gasteiger partial charge in [0.05, 0.1) is 7.11 Å². The second-order valence-electron chi connectivity index (χ2n) is 5.05. The minimum absolute atomic E-state index is 0.292. The molecule has 2 heterocycles. The number of esters is 1. The highest BCUT2D eigenvalue weighted by molar-refractivity contribution is 7.15. The number of carbonyl (C=O) groups excluding carboxylic acids is 2. The van der Waals surface area contributed by atoms with Gasteiger partial charge in [-0.05, 0) is 23.1 Å². The quantitative estimate of drug-likeness (QED) is 0.513. The summed E-state index contributed by atoms with van der Waals surface area (Å²) in [5.74, 6) is -0.766. The summed E-state index contributed by atoms with van der Waals surface area (Å²) in [7, 11) is 1.33. The van der Waals surface area contributed by atoms with Crippen LogP contribution in [-0.2, 0) is 9.53 Å². The summed E-state index contributed by atoms with van der Waals surface area (Å²) in [6, 6.07) is 13.4. The van der Waals surface area contributed by atoms with E-state index in [9.17, 15) is 9.59 Å². The normalized spacial score (nSPS) is 10.8. The lowest BCUT2D eigenvalue weighted by molar-refractivity contribution is -0.111. The Bertz CT molecular complexity index is 896. The Balaban J connectivity index is 1.87. The predicted octanol–water partition coefficient (Wildman–Crippen LogP) is 4.92. The number of hydrogen-bond acceptors (Lipinski definition) is 5. The highest BCUT2D eigenvalue weighted by Crippen LogP contribution is 2.36. The van der Waals surface area contributed by atoms with Crippen molar-refractivity contribution in [2.75, 3.05) is 12.4 Å². The number of methoxy groups -OCH3 is 1. The Hall–Kier alpha value is -2.70. The van der Waals surface area contributed by atoms with Crippen LogP contribution in [0.25, 0.3) is 17.2 Å². The van der Waals surface area contributed by atoms with Crippen LogP contribution >= 0.6 is 22.7 Å². The highest BCUT2D eigenvalue weighted by atomic mass is 32.1. The van der Waals surface area contributed by atoms with Crippen molar-refractivity contribution in [2.24, 2.45) is 0 Å². The van der Waals surface area contributed by atoms with Crippen LogP contribution in [0.2, 0.25) is 0 Å². The first kappa shape index (κ1) is 17.1. The summed E-state index contributed by atoms with van der Waals surface area (Å²) in [5.41, 5.74) is 2.01. The van der Waals surface area contributed by atoms with Crippen LogP contribution in [0.1, 0.15) is 15.2 Å². The minimum atomic E-state index is -0.474. The van der Waals surface area contributed by atoms with Crippen molar-refractivity contribution in [3.8, 4) is 11.1 Å². The molecule has 2 aromatic heterocycles. The maximum atomic E-state index is 12.2. The van der Waals surface area contributed by atoms with Gasteiger partial charge in [0.2, 0.25) is 5.91 Å². The molecule has 1 N–H and O–H groups in total. The number of anilines is 1. The molecule has 1 aromatic carbocycles. The smallest absolute Gasteiger partial charge is 0.341 e. The van der Waals surface area contributed by atoms with E-state index < -0.39 is 5.97 Å². The summed E-state index contributed by atoms with van der Waals surface area (Å²) in [6.45, 7) is 0. The van der Waals surface area contributed by atoms with Gasteiger partial charge in [-0.3, -0.25) is 4.79 Å². The Morgan fingerprint density at radius 3 is 2.56 bits per heavy atom. The van der Waals surface area contributed by atoms with E-state index in [0.29, 0.717) is 10.6 Å². The first-order chi connectivity index (χ1) is 12.2. The first-order valence-corrected chi connectivity index (χ1v) is 9.22. The fourth-order valence-corrected chi connectivity index (χ4v) is 3.86. The fourth-order valence-electron chi connectivity index (χ4n) is 2.28. The Kier molecular flexibility index (Phi) is 5.42. The number of carbonyl (C=O) groups is 2. The monoisotopic (exact) mass is 369 g/mol. The molecule has 0 bridgehead atoms. The number of ether oxygens (including phenoxy) is 1. The van der Waals surface area contributed by atoms with Gasteiger partial charge in [-0.1, -0.05) is 36.4 Å². The van der Waals surface area contributed by atoms with Crippen LogP contribution in [0.5, 0.6) is 0 Å². The number of benzene rings is 1. The molecule has 1 amide bonds. The average molecular weight is 369 g/mol. The van der Waals surface area contributed by atoms with Gasteiger partial charge in [0.25, 0.3) is 0 Å². The number of thiophene rings is 2. The third-order valence-corrected chi connectivity index (χ3v) is 5.18. The highest BCUT2D eigenvalue weighted by Gasteiger charge is 2.21. The van der Waals surface area contributed by atoms with Crippen LogP contribution in [-0.4, -0.2) is 19.0 Å². The molecule has 0 spiro atoms. The molecule has 3 rings (SSSR count). The number of nitrogens with one attached hydrogen (secondary N) is 1. The Morgan fingerprint density at radius 1 is 1.08 bits per heavy atom. The molecule has 0 aliphatic rings. The minimum Gasteiger partial charge on any atom is -0.465 e. The van der Waals surface area contributed by atoms with Crippen molar-refractivity contribution in [3.05, 3.63) is 69.7 Å². The van der Waals surface area contributed by atoms with Crippen LogP contribution in [0.3, 0.4) is 0 Å². The van der Waals surface area contributed by atoms with Crippen LogP contribution in [0.4, 0.5) is 5.00 Å². The van der Waals surface area contributed by atoms with Crippen molar-refractivity contribution in [1.82, 2.24) is 0 Å². The first-order valence-electron chi connectivity index (χ1n) is 7.47. The lowest BCUT2D eigenvalue weighted by Gasteiger charge is -2.06. The van der Waals surface area contributed by atoms with E-state index in [2.05, 4.69) is 5.32 Å². The molecule has 0 aliphatic heterocycles. The molecule has 0 aliphatic carbocycles. The summed E-state index contributed by atoms with van der Waals surface area (Å²) in [6.07, 6.45) is 3.19. The fraction of sp³-hybridized carbons (Fsp3) is 0.0526. The number of amides is 1. The zero-order valence-corrected chi connectivity index (χ0v) is 15.0. The zero-order chi connectivity index (χ0) is 17.6. The molecule has 0 fully saturated rings. The molecule has 6 heteroatoms. The zero-order valence-electron chi connectivity index (χ0n) is 13.4. The van der Waals surface area contributed by atoms with Gasteiger partial charge < -0.3 is 10.1 Å². The van der Waals surface area contributed by atoms with Crippen LogP contribution in [0, 0.1) is 0 Å². The molecule has 25 heavy (non-hydrogen) atoms. The molecule has 3 aromatic rings. The third-order valence-electron chi connectivity index (χ3n) is 3.44. The van der Waals surface area contributed by atoms with Gasteiger partial charge >= 0.3 is 5.97 Å². The molecule has 0 unspecified atom stereocenters. The largest absolute Gasteiger partial charge is 0.465 e. The van der Waals surface area contributed by atoms with Crippen molar-refractivity contribution in [2.45, 2.75) is 0 Å². The second kappa shape index (κ2) is 7.92. The molecule has 0 radical (unpaired) electrons. The number of rotatable bonds is 5.